The fourth-order valence-electron chi connectivity index (χ4n) is 3.06. The summed E-state index contributed by atoms with van der Waals surface area (Å²) < 4.78 is 5.21. The monoisotopic (exact) mass is 334 g/mol. The minimum absolute atomic E-state index is 0.160. The van der Waals surface area contributed by atoms with Crippen LogP contribution < -0.4 is 4.74 Å². The predicted octanol–water partition coefficient (Wildman–Crippen LogP) is 4.05. The molecule has 3 aromatic carbocycles. The quantitative estimate of drug-likeness (QED) is 0.715. The van der Waals surface area contributed by atoms with Crippen LogP contribution in [-0.2, 0) is 5.60 Å². The molecule has 0 heterocycles. The first-order valence-electron chi connectivity index (χ1n) is 8.29. The first-order chi connectivity index (χ1) is 12.1. The molecule has 0 radical (unpaired) electrons. The van der Waals surface area contributed by atoms with E-state index in [0.29, 0.717) is 0 Å². The van der Waals surface area contributed by atoms with Crippen molar-refractivity contribution in [2.75, 3.05) is 7.11 Å². The van der Waals surface area contributed by atoms with Crippen molar-refractivity contribution in [1.82, 2.24) is 0 Å². The molecule has 25 heavy (non-hydrogen) atoms. The Labute approximate surface area is 148 Å². The SMILES string of the molecule is COc1ccc(C(O)(CC(O)c2ccccc2)c2ccccc2)cc1. The van der Waals surface area contributed by atoms with E-state index in [2.05, 4.69) is 0 Å². The van der Waals surface area contributed by atoms with Crippen molar-refractivity contribution in [3.8, 4) is 5.75 Å². The molecule has 2 unspecified atom stereocenters. The second-order valence-electron chi connectivity index (χ2n) is 6.09. The van der Waals surface area contributed by atoms with Crippen LogP contribution in [0.2, 0.25) is 0 Å². The van der Waals surface area contributed by atoms with Gasteiger partial charge in [-0.05, 0) is 28.8 Å². The summed E-state index contributed by atoms with van der Waals surface area (Å²) >= 11 is 0. The van der Waals surface area contributed by atoms with Crippen molar-refractivity contribution in [1.29, 1.82) is 0 Å². The lowest BCUT2D eigenvalue weighted by Gasteiger charge is -2.32. The highest BCUT2D eigenvalue weighted by molar-refractivity contribution is 5.39. The summed E-state index contributed by atoms with van der Waals surface area (Å²) in [5.74, 6) is 0.725. The van der Waals surface area contributed by atoms with Crippen molar-refractivity contribution in [2.45, 2.75) is 18.1 Å². The Hall–Kier alpha value is -2.62. The highest BCUT2D eigenvalue weighted by Crippen LogP contribution is 2.38. The molecule has 0 aliphatic carbocycles. The normalized spacial score (nSPS) is 14.5. The molecule has 0 aliphatic rings. The van der Waals surface area contributed by atoms with Crippen LogP contribution in [0.3, 0.4) is 0 Å². The van der Waals surface area contributed by atoms with Crippen molar-refractivity contribution >= 4 is 0 Å². The summed E-state index contributed by atoms with van der Waals surface area (Å²) in [6.07, 6.45) is -0.624. The number of hydrogen-bond donors (Lipinski definition) is 2. The average Bonchev–Trinajstić information content (AvgIpc) is 2.69. The van der Waals surface area contributed by atoms with E-state index in [0.717, 1.165) is 22.4 Å². The van der Waals surface area contributed by atoms with Crippen molar-refractivity contribution in [3.05, 3.63) is 102 Å². The molecule has 0 fully saturated rings. The lowest BCUT2D eigenvalue weighted by molar-refractivity contribution is 0.0167. The van der Waals surface area contributed by atoms with Crippen LogP contribution in [0.4, 0.5) is 0 Å². The Balaban J connectivity index is 2.00. The highest BCUT2D eigenvalue weighted by Gasteiger charge is 2.34. The fraction of sp³-hybridized carbons (Fsp3) is 0.182. The molecule has 2 N–H and O–H groups in total. The van der Waals surface area contributed by atoms with E-state index in [1.54, 1.807) is 7.11 Å². The lowest BCUT2D eigenvalue weighted by Crippen LogP contribution is -2.29. The van der Waals surface area contributed by atoms with E-state index in [4.69, 9.17) is 4.74 Å². The Morgan fingerprint density at radius 1 is 0.800 bits per heavy atom. The zero-order chi connectivity index (χ0) is 17.7. The van der Waals surface area contributed by atoms with Crippen LogP contribution in [0.5, 0.6) is 5.75 Å². The summed E-state index contributed by atoms with van der Waals surface area (Å²) in [7, 11) is 1.61. The molecule has 0 amide bonds. The standard InChI is InChI=1S/C22H22O3/c1-25-20-14-12-19(13-15-20)22(24,18-10-6-3-7-11-18)16-21(23)17-8-4-2-5-9-17/h2-15,21,23-24H,16H2,1H3. The summed E-state index contributed by atoms with van der Waals surface area (Å²) in [4.78, 5) is 0. The molecular weight excluding hydrogens is 312 g/mol. The van der Waals surface area contributed by atoms with Gasteiger partial charge in [-0.3, -0.25) is 0 Å². The van der Waals surface area contributed by atoms with Gasteiger partial charge in [0.05, 0.1) is 13.2 Å². The minimum Gasteiger partial charge on any atom is -0.497 e. The molecule has 3 nitrogen and oxygen atoms in total. The third-order valence-corrected chi connectivity index (χ3v) is 4.49. The maximum absolute atomic E-state index is 11.5. The van der Waals surface area contributed by atoms with Crippen LogP contribution in [0.15, 0.2) is 84.9 Å². The number of benzene rings is 3. The minimum atomic E-state index is -1.30. The van der Waals surface area contributed by atoms with Crippen LogP contribution in [0, 0.1) is 0 Å². The van der Waals surface area contributed by atoms with Gasteiger partial charge in [-0.25, -0.2) is 0 Å². The first kappa shape index (κ1) is 17.2. The van der Waals surface area contributed by atoms with E-state index in [1.807, 2.05) is 84.9 Å². The van der Waals surface area contributed by atoms with E-state index in [-0.39, 0.29) is 6.42 Å². The smallest absolute Gasteiger partial charge is 0.118 e. The number of rotatable bonds is 6. The third kappa shape index (κ3) is 3.73. The molecule has 3 rings (SSSR count). The molecule has 3 heteroatoms. The Kier molecular flexibility index (Phi) is 5.17. The third-order valence-electron chi connectivity index (χ3n) is 4.49. The van der Waals surface area contributed by atoms with Gasteiger partial charge in [0.25, 0.3) is 0 Å². The number of aliphatic hydroxyl groups excluding tert-OH is 1. The molecule has 0 spiro atoms. The van der Waals surface area contributed by atoms with Gasteiger partial charge in [-0.2, -0.15) is 0 Å². The summed E-state index contributed by atoms with van der Waals surface area (Å²) in [5.41, 5.74) is 0.943. The van der Waals surface area contributed by atoms with Crippen LogP contribution in [0.1, 0.15) is 29.2 Å². The van der Waals surface area contributed by atoms with Crippen molar-refractivity contribution < 1.29 is 14.9 Å². The number of methoxy groups -OCH3 is 1. The molecule has 0 bridgehead atoms. The lowest BCUT2D eigenvalue weighted by atomic mass is 9.80. The second-order valence-corrected chi connectivity index (χ2v) is 6.09. The Bertz CT molecular complexity index is 785. The summed E-state index contributed by atoms with van der Waals surface area (Å²) in [5, 5.41) is 22.2. The summed E-state index contributed by atoms with van der Waals surface area (Å²) in [6, 6.07) is 26.1. The molecule has 0 saturated carbocycles. The van der Waals surface area contributed by atoms with E-state index in [1.165, 1.54) is 0 Å². The Morgan fingerprint density at radius 2 is 1.32 bits per heavy atom. The molecule has 128 valence electrons. The number of hydrogen-bond acceptors (Lipinski definition) is 3. The van der Waals surface area contributed by atoms with Gasteiger partial charge in [-0.1, -0.05) is 72.8 Å². The van der Waals surface area contributed by atoms with Crippen molar-refractivity contribution in [3.63, 3.8) is 0 Å². The Morgan fingerprint density at radius 3 is 1.88 bits per heavy atom. The maximum Gasteiger partial charge on any atom is 0.118 e. The van der Waals surface area contributed by atoms with E-state index >= 15 is 0 Å². The molecule has 3 aromatic rings. The van der Waals surface area contributed by atoms with Crippen LogP contribution in [0.25, 0.3) is 0 Å². The highest BCUT2D eigenvalue weighted by atomic mass is 16.5. The maximum atomic E-state index is 11.5. The van der Waals surface area contributed by atoms with Gasteiger partial charge in [0.2, 0.25) is 0 Å². The molecule has 0 aromatic heterocycles. The number of ether oxygens (including phenoxy) is 1. The predicted molar refractivity (Wildman–Crippen MR) is 98.5 cm³/mol. The molecule has 0 saturated heterocycles. The second kappa shape index (κ2) is 7.51. The van der Waals surface area contributed by atoms with E-state index < -0.39 is 11.7 Å². The summed E-state index contributed by atoms with van der Waals surface area (Å²) in [6.45, 7) is 0. The van der Waals surface area contributed by atoms with E-state index in [9.17, 15) is 10.2 Å². The zero-order valence-corrected chi connectivity index (χ0v) is 14.2. The van der Waals surface area contributed by atoms with Gasteiger partial charge in [0.15, 0.2) is 0 Å². The van der Waals surface area contributed by atoms with Crippen molar-refractivity contribution in [2.24, 2.45) is 0 Å². The molecule has 2 atom stereocenters. The molecular formula is C22H22O3. The van der Waals surface area contributed by atoms with Gasteiger partial charge in [0, 0.05) is 6.42 Å². The van der Waals surface area contributed by atoms with Gasteiger partial charge in [-0.15, -0.1) is 0 Å². The zero-order valence-electron chi connectivity index (χ0n) is 14.2. The largest absolute Gasteiger partial charge is 0.497 e. The number of aliphatic hydroxyl groups is 2. The van der Waals surface area contributed by atoms with Crippen LogP contribution in [-0.4, -0.2) is 17.3 Å². The van der Waals surface area contributed by atoms with Gasteiger partial charge >= 0.3 is 0 Å². The van der Waals surface area contributed by atoms with Crippen LogP contribution >= 0.6 is 0 Å². The van der Waals surface area contributed by atoms with Gasteiger partial charge < -0.3 is 14.9 Å². The van der Waals surface area contributed by atoms with Gasteiger partial charge in [0.1, 0.15) is 11.4 Å². The molecule has 0 aliphatic heterocycles. The first-order valence-corrected chi connectivity index (χ1v) is 8.29. The average molecular weight is 334 g/mol. The topological polar surface area (TPSA) is 49.7 Å². The fourth-order valence-corrected chi connectivity index (χ4v) is 3.06.